The average molecular weight is 308 g/mol. The number of carbonyl (C=O) groups excluding carboxylic acids is 1. The molecule has 1 amide bonds. The molecule has 0 heterocycles. The van der Waals surface area contributed by atoms with Crippen LogP contribution in [0.3, 0.4) is 0 Å². The Labute approximate surface area is 134 Å². The van der Waals surface area contributed by atoms with Crippen molar-refractivity contribution in [2.75, 3.05) is 26.7 Å². The molecule has 0 atom stereocenters. The van der Waals surface area contributed by atoms with Crippen molar-refractivity contribution in [1.82, 2.24) is 16.0 Å². The van der Waals surface area contributed by atoms with E-state index in [1.807, 2.05) is 0 Å². The van der Waals surface area contributed by atoms with E-state index in [0.29, 0.717) is 6.54 Å². The maximum atomic E-state index is 11.5. The van der Waals surface area contributed by atoms with Crippen molar-refractivity contribution in [3.63, 3.8) is 0 Å². The summed E-state index contributed by atoms with van der Waals surface area (Å²) in [6.45, 7) is 2.36. The normalized spacial score (nSPS) is 19.8. The summed E-state index contributed by atoms with van der Waals surface area (Å²) >= 11 is 0. The maximum absolute atomic E-state index is 11.5. The highest BCUT2D eigenvalue weighted by Gasteiger charge is 2.28. The van der Waals surface area contributed by atoms with Gasteiger partial charge in [-0.15, -0.1) is 0 Å². The van der Waals surface area contributed by atoms with E-state index in [2.05, 4.69) is 20.9 Å². The van der Waals surface area contributed by atoms with Gasteiger partial charge in [0.1, 0.15) is 0 Å². The van der Waals surface area contributed by atoms with E-state index in [1.165, 1.54) is 44.9 Å². The predicted octanol–water partition coefficient (Wildman–Crippen LogP) is 2.04. The van der Waals surface area contributed by atoms with Gasteiger partial charge < -0.3 is 16.0 Å². The summed E-state index contributed by atoms with van der Waals surface area (Å²) in [5.41, 5.74) is 0. The Morgan fingerprint density at radius 2 is 1.64 bits per heavy atom. The summed E-state index contributed by atoms with van der Waals surface area (Å²) < 4.78 is 0. The van der Waals surface area contributed by atoms with E-state index in [1.54, 1.807) is 7.05 Å². The molecule has 5 nitrogen and oxygen atoms in total. The Bertz CT molecular complexity index is 360. The monoisotopic (exact) mass is 308 g/mol. The number of rotatable bonds is 8. The van der Waals surface area contributed by atoms with E-state index in [9.17, 15) is 4.79 Å². The number of carbonyl (C=O) groups is 1. The van der Waals surface area contributed by atoms with Crippen LogP contribution >= 0.6 is 0 Å². The molecule has 2 fully saturated rings. The minimum atomic E-state index is 0.206. The molecule has 0 spiro atoms. The molecule has 0 aromatic heterocycles. The second kappa shape index (κ2) is 9.70. The first-order chi connectivity index (χ1) is 10.8. The first-order valence-corrected chi connectivity index (χ1v) is 9.02. The zero-order chi connectivity index (χ0) is 15.6. The van der Waals surface area contributed by atoms with Crippen LogP contribution in [0.25, 0.3) is 0 Å². The van der Waals surface area contributed by atoms with Gasteiger partial charge in [0.15, 0.2) is 5.96 Å². The number of guanidine groups is 1. The fourth-order valence-corrected chi connectivity index (χ4v) is 3.15. The number of hydrogen-bond acceptors (Lipinski definition) is 2. The molecule has 2 saturated carbocycles. The van der Waals surface area contributed by atoms with Crippen LogP contribution in [0.1, 0.15) is 57.8 Å². The smallest absolute Gasteiger partial charge is 0.223 e. The fourth-order valence-electron chi connectivity index (χ4n) is 3.15. The summed E-state index contributed by atoms with van der Waals surface area (Å²) in [5.74, 6) is 2.28. The molecular formula is C17H32N4O. The lowest BCUT2D eigenvalue weighted by Crippen LogP contribution is -2.42. The molecular weight excluding hydrogens is 276 g/mol. The Morgan fingerprint density at radius 1 is 0.955 bits per heavy atom. The van der Waals surface area contributed by atoms with Gasteiger partial charge in [0.25, 0.3) is 0 Å². The van der Waals surface area contributed by atoms with Gasteiger partial charge in [0.2, 0.25) is 5.91 Å². The van der Waals surface area contributed by atoms with Crippen LogP contribution in [-0.4, -0.2) is 38.5 Å². The zero-order valence-corrected chi connectivity index (χ0v) is 14.0. The fraction of sp³-hybridized carbons (Fsp3) is 0.882. The lowest BCUT2D eigenvalue weighted by Gasteiger charge is -2.21. The molecule has 0 saturated heterocycles. The highest BCUT2D eigenvalue weighted by Crippen LogP contribution is 2.28. The minimum absolute atomic E-state index is 0.206. The zero-order valence-electron chi connectivity index (χ0n) is 14.0. The SMILES string of the molecule is CN=C(NCCCC1CCCCC1)NCCNC(=O)C1CC1. The third-order valence-electron chi connectivity index (χ3n) is 4.69. The maximum Gasteiger partial charge on any atom is 0.223 e. The predicted molar refractivity (Wildman–Crippen MR) is 90.9 cm³/mol. The Balaban J connectivity index is 1.46. The van der Waals surface area contributed by atoms with Gasteiger partial charge in [0, 0.05) is 32.6 Å². The molecule has 2 rings (SSSR count). The highest BCUT2D eigenvalue weighted by molar-refractivity contribution is 5.81. The van der Waals surface area contributed by atoms with Crippen LogP contribution < -0.4 is 16.0 Å². The lowest BCUT2D eigenvalue weighted by atomic mass is 9.86. The van der Waals surface area contributed by atoms with Crippen molar-refractivity contribution >= 4 is 11.9 Å². The summed E-state index contributed by atoms with van der Waals surface area (Å²) in [4.78, 5) is 15.7. The van der Waals surface area contributed by atoms with Crippen molar-refractivity contribution in [3.05, 3.63) is 0 Å². The van der Waals surface area contributed by atoms with Crippen LogP contribution in [0, 0.1) is 11.8 Å². The van der Waals surface area contributed by atoms with Crippen LogP contribution in [0.2, 0.25) is 0 Å². The van der Waals surface area contributed by atoms with Crippen molar-refractivity contribution < 1.29 is 4.79 Å². The second-order valence-electron chi connectivity index (χ2n) is 6.64. The quantitative estimate of drug-likeness (QED) is 0.365. The van der Waals surface area contributed by atoms with Gasteiger partial charge in [-0.2, -0.15) is 0 Å². The van der Waals surface area contributed by atoms with Crippen LogP contribution in [-0.2, 0) is 4.79 Å². The van der Waals surface area contributed by atoms with Crippen LogP contribution in [0.4, 0.5) is 0 Å². The molecule has 2 aliphatic carbocycles. The van der Waals surface area contributed by atoms with E-state index < -0.39 is 0 Å². The van der Waals surface area contributed by atoms with Gasteiger partial charge in [-0.3, -0.25) is 9.79 Å². The molecule has 0 aromatic carbocycles. The first kappa shape index (κ1) is 17.1. The van der Waals surface area contributed by atoms with Gasteiger partial charge in [-0.25, -0.2) is 0 Å². The van der Waals surface area contributed by atoms with Crippen molar-refractivity contribution in [1.29, 1.82) is 0 Å². The third-order valence-corrected chi connectivity index (χ3v) is 4.69. The average Bonchev–Trinajstić information content (AvgIpc) is 3.39. The molecule has 0 aliphatic heterocycles. The number of aliphatic imine (C=N–C) groups is 1. The molecule has 0 radical (unpaired) electrons. The molecule has 22 heavy (non-hydrogen) atoms. The van der Waals surface area contributed by atoms with Crippen LogP contribution in [0.5, 0.6) is 0 Å². The summed E-state index contributed by atoms with van der Waals surface area (Å²) in [7, 11) is 1.79. The van der Waals surface area contributed by atoms with E-state index in [-0.39, 0.29) is 11.8 Å². The highest BCUT2D eigenvalue weighted by atomic mass is 16.2. The van der Waals surface area contributed by atoms with Gasteiger partial charge in [0.05, 0.1) is 0 Å². The van der Waals surface area contributed by atoms with Crippen molar-refractivity contribution in [2.24, 2.45) is 16.8 Å². The molecule has 2 aliphatic rings. The minimum Gasteiger partial charge on any atom is -0.356 e. The summed E-state index contributed by atoms with van der Waals surface area (Å²) in [6.07, 6.45) is 11.8. The molecule has 3 N–H and O–H groups in total. The number of nitrogens with zero attached hydrogens (tertiary/aromatic N) is 1. The Kier molecular flexibility index (Phi) is 7.54. The largest absolute Gasteiger partial charge is 0.356 e. The third kappa shape index (κ3) is 6.67. The number of amides is 1. The molecule has 0 aromatic rings. The molecule has 5 heteroatoms. The van der Waals surface area contributed by atoms with Crippen LogP contribution in [0.15, 0.2) is 4.99 Å². The van der Waals surface area contributed by atoms with Gasteiger partial charge >= 0.3 is 0 Å². The van der Waals surface area contributed by atoms with Gasteiger partial charge in [-0.05, 0) is 31.6 Å². The van der Waals surface area contributed by atoms with Gasteiger partial charge in [-0.1, -0.05) is 32.1 Å². The molecule has 126 valence electrons. The van der Waals surface area contributed by atoms with E-state index in [0.717, 1.165) is 37.8 Å². The Morgan fingerprint density at radius 3 is 2.32 bits per heavy atom. The number of nitrogens with one attached hydrogen (secondary N) is 3. The first-order valence-electron chi connectivity index (χ1n) is 9.02. The topological polar surface area (TPSA) is 65.5 Å². The van der Waals surface area contributed by atoms with E-state index in [4.69, 9.17) is 0 Å². The van der Waals surface area contributed by atoms with Crippen molar-refractivity contribution in [2.45, 2.75) is 57.8 Å². The Hall–Kier alpha value is -1.26. The summed E-state index contributed by atoms with van der Waals surface area (Å²) in [6, 6.07) is 0. The standard InChI is InChI=1S/C17H32N4O/c1-18-17(21-13-12-19-16(22)15-9-10-15)20-11-5-8-14-6-3-2-4-7-14/h14-15H,2-13H2,1H3,(H,19,22)(H2,18,20,21). The number of hydrogen-bond donors (Lipinski definition) is 3. The second-order valence-corrected chi connectivity index (χ2v) is 6.64. The molecule has 0 unspecified atom stereocenters. The van der Waals surface area contributed by atoms with Crippen molar-refractivity contribution in [3.8, 4) is 0 Å². The lowest BCUT2D eigenvalue weighted by molar-refractivity contribution is -0.122. The molecule has 0 bridgehead atoms. The van der Waals surface area contributed by atoms with E-state index >= 15 is 0 Å². The summed E-state index contributed by atoms with van der Waals surface area (Å²) in [5, 5.41) is 9.56.